The number of aryl methyl sites for hydroxylation is 1. The van der Waals surface area contributed by atoms with Gasteiger partial charge in [-0.2, -0.15) is 5.10 Å². The Kier molecular flexibility index (Phi) is 6.84. The van der Waals surface area contributed by atoms with E-state index in [0.717, 1.165) is 15.3 Å². The Hall–Kier alpha value is -3.41. The van der Waals surface area contributed by atoms with Crippen LogP contribution in [0.4, 0.5) is 23.4 Å². The van der Waals surface area contributed by atoms with Crippen LogP contribution in [0.1, 0.15) is 43.0 Å². The van der Waals surface area contributed by atoms with Gasteiger partial charge < -0.3 is 19.4 Å². The number of methoxy groups -OCH3 is 1. The van der Waals surface area contributed by atoms with Crippen molar-refractivity contribution in [1.29, 1.82) is 0 Å². The van der Waals surface area contributed by atoms with Gasteiger partial charge in [0.1, 0.15) is 17.4 Å². The molecule has 35 heavy (non-hydrogen) atoms. The average molecular weight is 496 g/mol. The van der Waals surface area contributed by atoms with Gasteiger partial charge in [0, 0.05) is 25.4 Å². The molecule has 1 aliphatic rings. The number of alkyl halides is 3. The minimum absolute atomic E-state index is 0.0415. The number of pyridine rings is 1. The Balaban J connectivity index is 1.89. The first kappa shape index (κ1) is 24.7. The van der Waals surface area contributed by atoms with Crippen molar-refractivity contribution in [3.63, 3.8) is 0 Å². The Morgan fingerprint density at radius 2 is 1.94 bits per heavy atom. The fourth-order valence-electron chi connectivity index (χ4n) is 4.31. The average Bonchev–Trinajstić information content (AvgIpc) is 2.82. The quantitative estimate of drug-likeness (QED) is 0.525. The van der Waals surface area contributed by atoms with Crippen molar-refractivity contribution in [2.75, 3.05) is 25.6 Å². The van der Waals surface area contributed by atoms with Crippen molar-refractivity contribution >= 4 is 16.6 Å². The molecular formula is C23H24F4N4O4. The molecule has 0 radical (unpaired) electrons. The molecule has 1 aromatic carbocycles. The molecule has 188 valence electrons. The SMILES string of the molecule is COc1c(=O)n([C@@H]2CCOC[C@H]2F)cc2c(NC(C)c3cccc(C(F)F)c3F)nn(C)c(=O)c12. The second kappa shape index (κ2) is 9.68. The molecule has 3 aromatic rings. The lowest BCUT2D eigenvalue weighted by atomic mass is 10.0. The second-order valence-corrected chi connectivity index (χ2v) is 8.30. The van der Waals surface area contributed by atoms with Crippen LogP contribution >= 0.6 is 0 Å². The van der Waals surface area contributed by atoms with E-state index < -0.39 is 47.2 Å². The van der Waals surface area contributed by atoms with Gasteiger partial charge in [-0.1, -0.05) is 18.2 Å². The van der Waals surface area contributed by atoms with Crippen LogP contribution < -0.4 is 21.2 Å². The summed E-state index contributed by atoms with van der Waals surface area (Å²) in [5.41, 5.74) is -2.10. The fourth-order valence-corrected chi connectivity index (χ4v) is 4.31. The molecule has 3 atom stereocenters. The molecule has 0 amide bonds. The molecule has 4 rings (SSSR count). The van der Waals surface area contributed by atoms with Gasteiger partial charge in [0.15, 0.2) is 11.6 Å². The van der Waals surface area contributed by atoms with Crippen molar-refractivity contribution in [2.24, 2.45) is 7.05 Å². The zero-order valence-electron chi connectivity index (χ0n) is 19.2. The molecule has 1 aliphatic heterocycles. The summed E-state index contributed by atoms with van der Waals surface area (Å²) in [5.74, 6) is -1.29. The molecule has 0 saturated carbocycles. The smallest absolute Gasteiger partial charge is 0.294 e. The summed E-state index contributed by atoms with van der Waals surface area (Å²) in [5, 5.41) is 7.19. The van der Waals surface area contributed by atoms with Gasteiger partial charge in [-0.25, -0.2) is 22.2 Å². The molecular weight excluding hydrogens is 472 g/mol. The summed E-state index contributed by atoms with van der Waals surface area (Å²) in [4.78, 5) is 26.0. The summed E-state index contributed by atoms with van der Waals surface area (Å²) in [6.45, 7) is 1.60. The maximum Gasteiger partial charge on any atom is 0.294 e. The van der Waals surface area contributed by atoms with Crippen molar-refractivity contribution in [3.05, 3.63) is 62.0 Å². The normalized spacial score (nSPS) is 19.2. The van der Waals surface area contributed by atoms with Crippen molar-refractivity contribution < 1.29 is 27.0 Å². The summed E-state index contributed by atoms with van der Waals surface area (Å²) in [7, 11) is 2.58. The van der Waals surface area contributed by atoms with Gasteiger partial charge in [0.25, 0.3) is 17.5 Å². The number of hydrogen-bond acceptors (Lipinski definition) is 6. The maximum atomic E-state index is 14.7. The molecule has 8 nitrogen and oxygen atoms in total. The number of hydrogen-bond donors (Lipinski definition) is 1. The van der Waals surface area contributed by atoms with Crippen molar-refractivity contribution in [3.8, 4) is 5.75 Å². The number of anilines is 1. The van der Waals surface area contributed by atoms with Crippen LogP contribution in [0.25, 0.3) is 10.8 Å². The van der Waals surface area contributed by atoms with Crippen LogP contribution in [0.2, 0.25) is 0 Å². The Labute approximate surface area is 197 Å². The number of ether oxygens (including phenoxy) is 2. The topological polar surface area (TPSA) is 87.4 Å². The third kappa shape index (κ3) is 4.38. The number of benzene rings is 1. The Bertz CT molecular complexity index is 1370. The lowest BCUT2D eigenvalue weighted by molar-refractivity contribution is 0.00230. The van der Waals surface area contributed by atoms with E-state index in [2.05, 4.69) is 10.4 Å². The van der Waals surface area contributed by atoms with Crippen LogP contribution in [0.5, 0.6) is 5.75 Å². The number of halogens is 4. The first-order valence-electron chi connectivity index (χ1n) is 10.9. The fraction of sp³-hybridized carbons (Fsp3) is 0.435. The van der Waals surface area contributed by atoms with Crippen LogP contribution in [-0.4, -0.2) is 40.8 Å². The molecule has 0 aliphatic carbocycles. The van der Waals surface area contributed by atoms with Gasteiger partial charge in [0.05, 0.1) is 36.8 Å². The monoisotopic (exact) mass is 496 g/mol. The van der Waals surface area contributed by atoms with Gasteiger partial charge in [-0.05, 0) is 13.3 Å². The van der Waals surface area contributed by atoms with Crippen LogP contribution in [0.3, 0.4) is 0 Å². The largest absolute Gasteiger partial charge is 0.490 e. The number of nitrogens with one attached hydrogen (secondary N) is 1. The summed E-state index contributed by atoms with van der Waals surface area (Å²) < 4.78 is 68.3. The third-order valence-corrected chi connectivity index (χ3v) is 6.13. The van der Waals surface area contributed by atoms with Crippen LogP contribution in [-0.2, 0) is 11.8 Å². The second-order valence-electron chi connectivity index (χ2n) is 8.30. The Morgan fingerprint density at radius 3 is 2.60 bits per heavy atom. The van der Waals surface area contributed by atoms with E-state index in [1.165, 1.54) is 39.4 Å². The predicted molar refractivity (Wildman–Crippen MR) is 121 cm³/mol. The van der Waals surface area contributed by atoms with E-state index in [1.54, 1.807) is 0 Å². The highest BCUT2D eigenvalue weighted by Crippen LogP contribution is 2.32. The number of aromatic nitrogens is 3. The summed E-state index contributed by atoms with van der Waals surface area (Å²) in [6, 6.07) is 1.96. The van der Waals surface area contributed by atoms with Gasteiger partial charge in [-0.15, -0.1) is 0 Å². The molecule has 12 heteroatoms. The number of nitrogens with zero attached hydrogens (tertiary/aromatic N) is 3. The molecule has 0 spiro atoms. The van der Waals surface area contributed by atoms with Crippen LogP contribution in [0.15, 0.2) is 34.0 Å². The minimum atomic E-state index is -2.99. The van der Waals surface area contributed by atoms with E-state index in [9.17, 15) is 27.2 Å². The molecule has 3 heterocycles. The lowest BCUT2D eigenvalue weighted by Crippen LogP contribution is -2.37. The third-order valence-electron chi connectivity index (χ3n) is 6.13. The maximum absolute atomic E-state index is 14.7. The molecule has 1 unspecified atom stereocenters. The molecule has 1 fully saturated rings. The van der Waals surface area contributed by atoms with E-state index in [0.29, 0.717) is 0 Å². The summed E-state index contributed by atoms with van der Waals surface area (Å²) in [6.07, 6.45) is -2.92. The highest BCUT2D eigenvalue weighted by atomic mass is 19.3. The van der Waals surface area contributed by atoms with Crippen molar-refractivity contribution in [2.45, 2.75) is 38.0 Å². The lowest BCUT2D eigenvalue weighted by Gasteiger charge is -2.28. The van der Waals surface area contributed by atoms with E-state index in [1.807, 2.05) is 0 Å². The highest BCUT2D eigenvalue weighted by Gasteiger charge is 2.30. The van der Waals surface area contributed by atoms with Crippen LogP contribution in [0, 0.1) is 5.82 Å². The van der Waals surface area contributed by atoms with E-state index in [4.69, 9.17) is 9.47 Å². The van der Waals surface area contributed by atoms with Gasteiger partial charge >= 0.3 is 0 Å². The molecule has 1 N–H and O–H groups in total. The number of rotatable bonds is 6. The first-order valence-corrected chi connectivity index (χ1v) is 10.9. The van der Waals surface area contributed by atoms with Gasteiger partial charge in [-0.3, -0.25) is 9.59 Å². The predicted octanol–water partition coefficient (Wildman–Crippen LogP) is 3.65. The van der Waals surface area contributed by atoms with Crippen molar-refractivity contribution in [1.82, 2.24) is 14.3 Å². The minimum Gasteiger partial charge on any atom is -0.490 e. The Morgan fingerprint density at radius 1 is 1.23 bits per heavy atom. The van der Waals surface area contributed by atoms with E-state index in [-0.39, 0.29) is 47.5 Å². The molecule has 1 saturated heterocycles. The zero-order chi connectivity index (χ0) is 25.4. The number of fused-ring (bicyclic) bond motifs is 1. The standard InChI is InChI=1S/C23H24F4N4O4/c1-11(12-5-4-6-13(18(12)25)20(26)27)28-21-14-9-31(16-7-8-35-10-15(16)24)23(33)19(34-3)17(14)22(32)30(2)29-21/h4-6,9,11,15-16,20H,7-8,10H2,1-3H3,(H,28,29)/t11?,15-,16-/m1/s1. The first-order chi connectivity index (χ1) is 16.6. The van der Waals surface area contributed by atoms with E-state index >= 15 is 0 Å². The zero-order valence-corrected chi connectivity index (χ0v) is 19.2. The molecule has 2 aromatic heterocycles. The highest BCUT2D eigenvalue weighted by molar-refractivity contribution is 5.94. The molecule has 0 bridgehead atoms. The van der Waals surface area contributed by atoms with Gasteiger partial charge in [0.2, 0.25) is 0 Å². The summed E-state index contributed by atoms with van der Waals surface area (Å²) >= 11 is 0.